The number of hydrogen-bond acceptors (Lipinski definition) is 3. The molecule has 0 saturated carbocycles. The van der Waals surface area contributed by atoms with Crippen molar-refractivity contribution >= 4 is 22.2 Å². The van der Waals surface area contributed by atoms with Gasteiger partial charge in [-0.1, -0.05) is 22.9 Å². The smallest absolute Gasteiger partial charge is 0.153 e. The van der Waals surface area contributed by atoms with Crippen LogP contribution in [-0.2, 0) is 6.61 Å². The molecule has 1 atom stereocenters. The molecule has 0 amide bonds. The number of aliphatic hydroxyl groups is 1. The lowest BCUT2D eigenvalue weighted by molar-refractivity contribution is 0.0547. The Morgan fingerprint density at radius 1 is 1.50 bits per heavy atom. The number of carbonyl (C=O) groups is 1. The van der Waals surface area contributed by atoms with E-state index in [0.717, 1.165) is 12.0 Å². The van der Waals surface area contributed by atoms with Crippen LogP contribution in [0.1, 0.15) is 49.5 Å². The quantitative estimate of drug-likeness (QED) is 0.795. The topological polar surface area (TPSA) is 40.5 Å². The van der Waals surface area contributed by atoms with E-state index in [1.165, 1.54) is 25.5 Å². The van der Waals surface area contributed by atoms with Gasteiger partial charge in [-0.15, -0.1) is 0 Å². The van der Waals surface area contributed by atoms with Crippen LogP contribution in [0.5, 0.6) is 0 Å². The van der Waals surface area contributed by atoms with Crippen molar-refractivity contribution in [3.63, 3.8) is 0 Å². The van der Waals surface area contributed by atoms with Crippen LogP contribution in [0.4, 0.5) is 4.39 Å². The molecule has 1 heterocycles. The molecule has 0 radical (unpaired) electrons. The van der Waals surface area contributed by atoms with E-state index < -0.39 is 5.82 Å². The number of likely N-dealkylation sites (tertiary alicyclic amines) is 1. The number of aldehydes is 1. The first-order chi connectivity index (χ1) is 10.2. The van der Waals surface area contributed by atoms with Crippen molar-refractivity contribution in [3.8, 4) is 0 Å². The largest absolute Gasteiger partial charge is 0.392 e. The van der Waals surface area contributed by atoms with Gasteiger partial charge in [-0.05, 0) is 63.9 Å². The first-order valence-electron chi connectivity index (χ1n) is 7.49. The summed E-state index contributed by atoms with van der Waals surface area (Å²) in [5.41, 5.74) is 0.843. The van der Waals surface area contributed by atoms with E-state index in [9.17, 15) is 9.18 Å². The lowest BCUT2D eigenvalue weighted by atomic mass is 9.81. The average molecular weight is 374 g/mol. The first kappa shape index (κ1) is 19.3. The molecule has 22 heavy (non-hydrogen) atoms. The van der Waals surface area contributed by atoms with E-state index in [1.807, 2.05) is 0 Å². The SMILES string of the molecule is CC1CCCN(C)C1(C)C.O=Cc1cc(Br)c(CO)cc1F. The molecule has 5 heteroatoms. The van der Waals surface area contributed by atoms with Crippen molar-refractivity contribution in [2.75, 3.05) is 13.6 Å². The van der Waals surface area contributed by atoms with Crippen molar-refractivity contribution < 1.29 is 14.3 Å². The zero-order valence-corrected chi connectivity index (χ0v) is 15.3. The van der Waals surface area contributed by atoms with Crippen LogP contribution < -0.4 is 0 Å². The molecule has 1 unspecified atom stereocenters. The van der Waals surface area contributed by atoms with Gasteiger partial charge in [0.25, 0.3) is 0 Å². The minimum absolute atomic E-state index is 0.0147. The Hall–Kier alpha value is -0.780. The maximum absolute atomic E-state index is 12.9. The molecule has 1 aromatic rings. The van der Waals surface area contributed by atoms with Crippen LogP contribution in [0.25, 0.3) is 0 Å². The molecule has 3 nitrogen and oxygen atoms in total. The fourth-order valence-corrected chi connectivity index (χ4v) is 2.95. The summed E-state index contributed by atoms with van der Waals surface area (Å²) in [6.45, 7) is 8.07. The summed E-state index contributed by atoms with van der Waals surface area (Å²) < 4.78 is 13.4. The van der Waals surface area contributed by atoms with Gasteiger partial charge in [0.15, 0.2) is 6.29 Å². The second-order valence-corrected chi connectivity index (χ2v) is 7.21. The number of halogens is 2. The molecule has 1 fully saturated rings. The van der Waals surface area contributed by atoms with Crippen molar-refractivity contribution in [1.82, 2.24) is 4.90 Å². The third-order valence-corrected chi connectivity index (χ3v) is 5.52. The van der Waals surface area contributed by atoms with Gasteiger partial charge in [-0.2, -0.15) is 0 Å². The number of hydrogen-bond donors (Lipinski definition) is 1. The molecular weight excluding hydrogens is 349 g/mol. The summed E-state index contributed by atoms with van der Waals surface area (Å²) in [6, 6.07) is 2.47. The van der Waals surface area contributed by atoms with Crippen LogP contribution in [0.3, 0.4) is 0 Å². The second-order valence-electron chi connectivity index (χ2n) is 6.36. The lowest BCUT2D eigenvalue weighted by Crippen LogP contribution is -2.49. The fraction of sp³-hybridized carbons (Fsp3) is 0.588. The van der Waals surface area contributed by atoms with Crippen molar-refractivity contribution in [1.29, 1.82) is 0 Å². The van der Waals surface area contributed by atoms with Gasteiger partial charge < -0.3 is 10.0 Å². The van der Waals surface area contributed by atoms with E-state index in [4.69, 9.17) is 5.11 Å². The van der Waals surface area contributed by atoms with E-state index >= 15 is 0 Å². The zero-order valence-electron chi connectivity index (χ0n) is 13.7. The molecule has 0 spiro atoms. The molecule has 1 aliphatic heterocycles. The minimum Gasteiger partial charge on any atom is -0.392 e. The number of aliphatic hydroxyl groups excluding tert-OH is 1. The highest BCUT2D eigenvalue weighted by molar-refractivity contribution is 9.10. The monoisotopic (exact) mass is 373 g/mol. The van der Waals surface area contributed by atoms with E-state index in [-0.39, 0.29) is 12.2 Å². The Labute approximate surface area is 140 Å². The van der Waals surface area contributed by atoms with Gasteiger partial charge in [-0.25, -0.2) is 4.39 Å². The number of nitrogens with zero attached hydrogens (tertiary/aromatic N) is 1. The predicted molar refractivity (Wildman–Crippen MR) is 90.5 cm³/mol. The Kier molecular flexibility index (Phi) is 7.16. The maximum Gasteiger partial charge on any atom is 0.153 e. The van der Waals surface area contributed by atoms with Crippen molar-refractivity contribution in [2.45, 2.75) is 45.8 Å². The third kappa shape index (κ3) is 4.61. The summed E-state index contributed by atoms with van der Waals surface area (Å²) >= 11 is 3.10. The molecule has 1 saturated heterocycles. The highest BCUT2D eigenvalue weighted by atomic mass is 79.9. The predicted octanol–water partition coefficient (Wildman–Crippen LogP) is 4.02. The Balaban J connectivity index is 0.000000224. The van der Waals surface area contributed by atoms with Crippen LogP contribution in [0, 0.1) is 11.7 Å². The summed E-state index contributed by atoms with van der Waals surface area (Å²) in [5, 5.41) is 8.72. The number of benzene rings is 1. The number of piperidine rings is 1. The lowest BCUT2D eigenvalue weighted by Gasteiger charge is -2.44. The van der Waals surface area contributed by atoms with Crippen LogP contribution in [0.15, 0.2) is 16.6 Å². The van der Waals surface area contributed by atoms with E-state index in [2.05, 4.69) is 48.6 Å². The maximum atomic E-state index is 12.9. The Morgan fingerprint density at radius 2 is 2.14 bits per heavy atom. The van der Waals surface area contributed by atoms with Crippen molar-refractivity contribution in [2.24, 2.45) is 5.92 Å². The summed E-state index contributed by atoms with van der Waals surface area (Å²) in [5.74, 6) is 0.239. The Morgan fingerprint density at radius 3 is 2.59 bits per heavy atom. The third-order valence-electron chi connectivity index (χ3n) is 4.78. The minimum atomic E-state index is -0.614. The molecule has 0 bridgehead atoms. The molecular formula is C17H25BrFNO2. The highest BCUT2D eigenvalue weighted by Gasteiger charge is 2.32. The van der Waals surface area contributed by atoms with Gasteiger partial charge in [0, 0.05) is 10.0 Å². The van der Waals surface area contributed by atoms with Crippen LogP contribution in [-0.4, -0.2) is 35.4 Å². The van der Waals surface area contributed by atoms with Crippen LogP contribution in [0.2, 0.25) is 0 Å². The molecule has 0 aliphatic carbocycles. The first-order valence-corrected chi connectivity index (χ1v) is 8.28. The standard InChI is InChI=1S/C9H19N.C8H6BrFO2/c1-8-6-5-7-10(4)9(8,2)3;9-7-1-6(4-12)8(10)2-5(7)3-11/h8H,5-7H2,1-4H3;1-2,4,11H,3H2. The molecule has 2 rings (SSSR count). The zero-order chi connectivity index (χ0) is 16.9. The molecule has 0 aromatic heterocycles. The average Bonchev–Trinajstić information content (AvgIpc) is 2.48. The number of rotatable bonds is 2. The van der Waals surface area contributed by atoms with Gasteiger partial charge in [0.1, 0.15) is 5.82 Å². The number of carbonyl (C=O) groups excluding carboxylic acids is 1. The summed E-state index contributed by atoms with van der Waals surface area (Å²) in [4.78, 5) is 12.7. The van der Waals surface area contributed by atoms with Gasteiger partial charge in [0.2, 0.25) is 0 Å². The van der Waals surface area contributed by atoms with Crippen LogP contribution >= 0.6 is 15.9 Å². The normalized spacial score (nSPS) is 21.0. The second kappa shape index (κ2) is 8.18. The molecule has 1 aliphatic rings. The summed E-state index contributed by atoms with van der Waals surface area (Å²) in [7, 11) is 2.23. The van der Waals surface area contributed by atoms with Gasteiger partial charge in [0.05, 0.1) is 12.2 Å². The van der Waals surface area contributed by atoms with Gasteiger partial charge >= 0.3 is 0 Å². The molecule has 1 N–H and O–H groups in total. The van der Waals surface area contributed by atoms with Gasteiger partial charge in [-0.3, -0.25) is 4.79 Å². The molecule has 1 aromatic carbocycles. The van der Waals surface area contributed by atoms with E-state index in [0.29, 0.717) is 21.9 Å². The highest BCUT2D eigenvalue weighted by Crippen LogP contribution is 2.31. The Bertz CT molecular complexity index is 508. The van der Waals surface area contributed by atoms with E-state index in [1.54, 1.807) is 0 Å². The van der Waals surface area contributed by atoms with Crippen molar-refractivity contribution in [3.05, 3.63) is 33.5 Å². The molecule has 124 valence electrons. The summed E-state index contributed by atoms with van der Waals surface area (Å²) in [6.07, 6.45) is 3.21. The fourth-order valence-electron chi connectivity index (χ4n) is 2.47.